The minimum Gasteiger partial charge on any atom is -0.382 e. The van der Waals surface area contributed by atoms with Gasteiger partial charge in [-0.3, -0.25) is 0 Å². The van der Waals surface area contributed by atoms with E-state index in [2.05, 4.69) is 15.9 Å². The Balaban J connectivity index is 2.29. The highest BCUT2D eigenvalue weighted by atomic mass is 79.9. The van der Waals surface area contributed by atoms with Gasteiger partial charge < -0.3 is 14.2 Å². The summed E-state index contributed by atoms with van der Waals surface area (Å²) in [6.07, 6.45) is 0. The van der Waals surface area contributed by atoms with Crippen molar-refractivity contribution in [2.45, 2.75) is 6.61 Å². The first-order chi connectivity index (χ1) is 8.66. The lowest BCUT2D eigenvalue weighted by Gasteiger charge is -2.08. The number of methoxy groups -OCH3 is 1. The molecule has 0 aromatic heterocycles. The Hall–Kier alpha value is -0.560. The van der Waals surface area contributed by atoms with Gasteiger partial charge in [0.2, 0.25) is 0 Å². The monoisotopic (exact) mass is 324 g/mol. The summed E-state index contributed by atoms with van der Waals surface area (Å²) >= 11 is 3.00. The summed E-state index contributed by atoms with van der Waals surface area (Å²) in [7, 11) is 1.58. The first-order valence-corrected chi connectivity index (χ1v) is 6.23. The van der Waals surface area contributed by atoms with E-state index in [9.17, 15) is 8.78 Å². The molecule has 0 atom stereocenters. The molecule has 0 N–H and O–H groups in total. The van der Waals surface area contributed by atoms with Gasteiger partial charge in [0.05, 0.1) is 43.1 Å². The van der Waals surface area contributed by atoms with Gasteiger partial charge in [0.1, 0.15) is 11.6 Å². The Morgan fingerprint density at radius 3 is 2.44 bits per heavy atom. The first kappa shape index (κ1) is 15.5. The van der Waals surface area contributed by atoms with Gasteiger partial charge in [0, 0.05) is 7.11 Å². The number of rotatable bonds is 8. The van der Waals surface area contributed by atoms with E-state index >= 15 is 0 Å². The Bertz CT molecular complexity index is 375. The maximum absolute atomic E-state index is 13.5. The fourth-order valence-corrected chi connectivity index (χ4v) is 1.61. The van der Waals surface area contributed by atoms with Crippen LogP contribution in [0.2, 0.25) is 0 Å². The van der Waals surface area contributed by atoms with E-state index < -0.39 is 11.6 Å². The molecule has 0 spiro atoms. The predicted molar refractivity (Wildman–Crippen MR) is 66.4 cm³/mol. The van der Waals surface area contributed by atoms with E-state index in [1.807, 2.05) is 0 Å². The second-order valence-corrected chi connectivity index (χ2v) is 4.33. The van der Waals surface area contributed by atoms with Crippen molar-refractivity contribution in [3.8, 4) is 0 Å². The molecule has 0 heterocycles. The van der Waals surface area contributed by atoms with Gasteiger partial charge in [-0.15, -0.1) is 0 Å². The molecule has 3 nitrogen and oxygen atoms in total. The van der Waals surface area contributed by atoms with Gasteiger partial charge in [-0.1, -0.05) is 0 Å². The number of ether oxygens (including phenoxy) is 3. The summed E-state index contributed by atoms with van der Waals surface area (Å²) < 4.78 is 42.2. The molecule has 1 aromatic rings. The normalized spacial score (nSPS) is 10.9. The third-order valence-electron chi connectivity index (χ3n) is 2.19. The molecule has 0 radical (unpaired) electrons. The van der Waals surface area contributed by atoms with Crippen molar-refractivity contribution < 1.29 is 23.0 Å². The largest absolute Gasteiger partial charge is 0.382 e. The van der Waals surface area contributed by atoms with Gasteiger partial charge in [-0.2, -0.15) is 0 Å². The van der Waals surface area contributed by atoms with Crippen LogP contribution >= 0.6 is 15.9 Å². The van der Waals surface area contributed by atoms with E-state index in [0.717, 1.165) is 0 Å². The second-order valence-electron chi connectivity index (χ2n) is 3.48. The van der Waals surface area contributed by atoms with Crippen LogP contribution in [0.3, 0.4) is 0 Å². The number of halogens is 3. The van der Waals surface area contributed by atoms with Crippen LogP contribution in [0.15, 0.2) is 16.6 Å². The lowest BCUT2D eigenvalue weighted by molar-refractivity contribution is 0.0187. The van der Waals surface area contributed by atoms with Crippen molar-refractivity contribution in [2.75, 3.05) is 33.5 Å². The Kier molecular flexibility index (Phi) is 7.34. The Labute approximate surface area is 113 Å². The molecule has 6 heteroatoms. The van der Waals surface area contributed by atoms with Crippen LogP contribution in [-0.4, -0.2) is 33.5 Å². The molecule has 0 amide bonds. The highest BCUT2D eigenvalue weighted by Gasteiger charge is 2.12. The van der Waals surface area contributed by atoms with Gasteiger partial charge in [0.25, 0.3) is 0 Å². The minimum absolute atomic E-state index is 0.0822. The first-order valence-electron chi connectivity index (χ1n) is 5.43. The van der Waals surface area contributed by atoms with Crippen molar-refractivity contribution in [3.05, 3.63) is 33.8 Å². The summed E-state index contributed by atoms with van der Waals surface area (Å²) in [5, 5.41) is 0. The zero-order valence-electron chi connectivity index (χ0n) is 10.0. The van der Waals surface area contributed by atoms with Crippen molar-refractivity contribution in [1.29, 1.82) is 0 Å². The molecule has 1 aromatic carbocycles. The van der Waals surface area contributed by atoms with Crippen molar-refractivity contribution >= 4 is 15.9 Å². The average molecular weight is 325 g/mol. The minimum atomic E-state index is -0.629. The summed E-state index contributed by atoms with van der Waals surface area (Å²) in [6.45, 7) is 1.49. The zero-order chi connectivity index (χ0) is 13.4. The van der Waals surface area contributed by atoms with Crippen molar-refractivity contribution in [3.63, 3.8) is 0 Å². The van der Waals surface area contributed by atoms with Crippen LogP contribution in [-0.2, 0) is 20.8 Å². The molecular formula is C12H15BrF2O3. The smallest absolute Gasteiger partial charge is 0.145 e. The zero-order valence-corrected chi connectivity index (χ0v) is 11.6. The molecule has 0 saturated heterocycles. The summed E-state index contributed by atoms with van der Waals surface area (Å²) in [6, 6.07) is 2.52. The molecule has 0 aliphatic heterocycles. The fraction of sp³-hybridized carbons (Fsp3) is 0.500. The second kappa shape index (κ2) is 8.53. The molecule has 102 valence electrons. The lowest BCUT2D eigenvalue weighted by Crippen LogP contribution is -2.09. The summed E-state index contributed by atoms with van der Waals surface area (Å²) in [5.74, 6) is -1.24. The molecule has 0 bridgehead atoms. The quantitative estimate of drug-likeness (QED) is 0.543. The van der Waals surface area contributed by atoms with E-state index in [0.29, 0.717) is 19.8 Å². The molecule has 0 unspecified atom stereocenters. The average Bonchev–Trinajstić information content (AvgIpc) is 2.36. The molecule has 18 heavy (non-hydrogen) atoms. The van der Waals surface area contributed by atoms with E-state index in [1.165, 1.54) is 12.1 Å². The van der Waals surface area contributed by atoms with Gasteiger partial charge >= 0.3 is 0 Å². The lowest BCUT2D eigenvalue weighted by atomic mass is 10.2. The molecule has 1 rings (SSSR count). The van der Waals surface area contributed by atoms with E-state index in [4.69, 9.17) is 14.2 Å². The third kappa shape index (κ3) is 4.97. The molecule has 0 fully saturated rings. The Morgan fingerprint density at radius 1 is 1.06 bits per heavy atom. The maximum atomic E-state index is 13.5. The van der Waals surface area contributed by atoms with Crippen LogP contribution < -0.4 is 0 Å². The van der Waals surface area contributed by atoms with Gasteiger partial charge in [-0.25, -0.2) is 8.78 Å². The standard InChI is InChI=1S/C12H15BrF2O3/c1-16-4-5-17-6-7-18-8-9-11(14)3-2-10(13)12(9)15/h2-3H,4-8H2,1H3. The van der Waals surface area contributed by atoms with Crippen LogP contribution in [0.5, 0.6) is 0 Å². The third-order valence-corrected chi connectivity index (χ3v) is 2.80. The summed E-state index contributed by atoms with van der Waals surface area (Å²) in [5.41, 5.74) is -0.0822. The number of hydrogen-bond donors (Lipinski definition) is 0. The van der Waals surface area contributed by atoms with E-state index in [1.54, 1.807) is 7.11 Å². The molecule has 0 saturated carbocycles. The maximum Gasteiger partial charge on any atom is 0.145 e. The van der Waals surface area contributed by atoms with Crippen LogP contribution in [0.1, 0.15) is 5.56 Å². The molecule has 0 aliphatic rings. The van der Waals surface area contributed by atoms with Crippen molar-refractivity contribution in [2.24, 2.45) is 0 Å². The molecule has 0 aliphatic carbocycles. The predicted octanol–water partition coefficient (Wildman–Crippen LogP) is 2.91. The number of benzene rings is 1. The van der Waals surface area contributed by atoms with Gasteiger partial charge in [-0.05, 0) is 28.1 Å². The van der Waals surface area contributed by atoms with Crippen LogP contribution in [0.4, 0.5) is 8.78 Å². The van der Waals surface area contributed by atoms with Gasteiger partial charge in [0.15, 0.2) is 0 Å². The number of hydrogen-bond acceptors (Lipinski definition) is 3. The topological polar surface area (TPSA) is 27.7 Å². The fourth-order valence-electron chi connectivity index (χ4n) is 1.24. The summed E-state index contributed by atoms with van der Waals surface area (Å²) in [4.78, 5) is 0. The van der Waals surface area contributed by atoms with Crippen LogP contribution in [0, 0.1) is 11.6 Å². The van der Waals surface area contributed by atoms with E-state index in [-0.39, 0.29) is 23.2 Å². The molecular weight excluding hydrogens is 310 g/mol. The SMILES string of the molecule is COCCOCCOCc1c(F)ccc(Br)c1F. The van der Waals surface area contributed by atoms with Crippen LogP contribution in [0.25, 0.3) is 0 Å². The highest BCUT2D eigenvalue weighted by molar-refractivity contribution is 9.10. The highest BCUT2D eigenvalue weighted by Crippen LogP contribution is 2.22. The Morgan fingerprint density at radius 2 is 1.72 bits per heavy atom. The van der Waals surface area contributed by atoms with Crippen molar-refractivity contribution in [1.82, 2.24) is 0 Å².